The Labute approximate surface area is 115 Å². The lowest BCUT2D eigenvalue weighted by molar-refractivity contribution is -0.136. The molecule has 0 radical (unpaired) electrons. The molecule has 0 atom stereocenters. The minimum Gasteiger partial charge on any atom is -0.396 e. The molecule has 0 saturated carbocycles. The van der Waals surface area contributed by atoms with Gasteiger partial charge in [-0.15, -0.1) is 0 Å². The second-order valence-electron chi connectivity index (χ2n) is 5.07. The van der Waals surface area contributed by atoms with Gasteiger partial charge in [0.1, 0.15) is 0 Å². The number of aliphatic hydroxyl groups is 1. The molecular weight excluding hydrogens is 242 g/mol. The van der Waals surface area contributed by atoms with E-state index in [9.17, 15) is 9.59 Å². The van der Waals surface area contributed by atoms with Gasteiger partial charge >= 0.3 is 0 Å². The number of rotatable bonds is 11. The number of amides is 2. The Hall–Kier alpha value is -1.16. The number of hydrogen-bond donors (Lipinski definition) is 1. The fourth-order valence-electron chi connectivity index (χ4n) is 2.27. The van der Waals surface area contributed by atoms with Crippen molar-refractivity contribution in [3.05, 3.63) is 12.2 Å². The first-order valence-corrected chi connectivity index (χ1v) is 7.40. The van der Waals surface area contributed by atoms with Gasteiger partial charge in [0.15, 0.2) is 0 Å². The van der Waals surface area contributed by atoms with Crippen molar-refractivity contribution in [1.29, 1.82) is 0 Å². The molecule has 1 N–H and O–H groups in total. The predicted molar refractivity (Wildman–Crippen MR) is 74.5 cm³/mol. The lowest BCUT2D eigenvalue weighted by Gasteiger charge is -2.12. The van der Waals surface area contributed by atoms with E-state index >= 15 is 0 Å². The Morgan fingerprint density at radius 3 is 1.63 bits per heavy atom. The van der Waals surface area contributed by atoms with Crippen LogP contribution in [0.4, 0.5) is 0 Å². The highest BCUT2D eigenvalue weighted by Crippen LogP contribution is 2.11. The molecule has 0 aromatic rings. The van der Waals surface area contributed by atoms with Crippen molar-refractivity contribution < 1.29 is 14.7 Å². The zero-order valence-corrected chi connectivity index (χ0v) is 11.6. The number of nitrogens with zero attached hydrogens (tertiary/aromatic N) is 1. The third-order valence-corrected chi connectivity index (χ3v) is 3.44. The van der Waals surface area contributed by atoms with Crippen molar-refractivity contribution in [3.63, 3.8) is 0 Å². The average molecular weight is 267 g/mol. The molecule has 0 aliphatic carbocycles. The van der Waals surface area contributed by atoms with Crippen LogP contribution in [0.3, 0.4) is 0 Å². The maximum absolute atomic E-state index is 11.3. The summed E-state index contributed by atoms with van der Waals surface area (Å²) in [5.41, 5.74) is 0. The largest absolute Gasteiger partial charge is 0.396 e. The van der Waals surface area contributed by atoms with Crippen LogP contribution in [0.1, 0.15) is 57.8 Å². The van der Waals surface area contributed by atoms with E-state index in [0.717, 1.165) is 25.7 Å². The number of imide groups is 1. The van der Waals surface area contributed by atoms with E-state index in [1.165, 1.54) is 49.2 Å². The quantitative estimate of drug-likeness (QED) is 0.462. The van der Waals surface area contributed by atoms with E-state index in [4.69, 9.17) is 5.11 Å². The van der Waals surface area contributed by atoms with Crippen LogP contribution >= 0.6 is 0 Å². The minimum absolute atomic E-state index is 0.172. The summed E-state index contributed by atoms with van der Waals surface area (Å²) in [5, 5.41) is 8.64. The van der Waals surface area contributed by atoms with Crippen LogP contribution < -0.4 is 0 Å². The highest BCUT2D eigenvalue weighted by Gasteiger charge is 2.21. The van der Waals surface area contributed by atoms with E-state index in [1.807, 2.05) is 0 Å². The molecule has 19 heavy (non-hydrogen) atoms. The van der Waals surface area contributed by atoms with Crippen LogP contribution in [0.25, 0.3) is 0 Å². The Bertz CT molecular complexity index is 295. The van der Waals surface area contributed by atoms with Crippen LogP contribution in [0.5, 0.6) is 0 Å². The second-order valence-corrected chi connectivity index (χ2v) is 5.07. The molecule has 2 amide bonds. The van der Waals surface area contributed by atoms with Gasteiger partial charge in [-0.05, 0) is 12.8 Å². The molecule has 1 heterocycles. The van der Waals surface area contributed by atoms with Gasteiger partial charge in [0.25, 0.3) is 11.8 Å². The van der Waals surface area contributed by atoms with Gasteiger partial charge in [-0.1, -0.05) is 44.9 Å². The first-order valence-electron chi connectivity index (χ1n) is 7.40. The first kappa shape index (κ1) is 15.9. The van der Waals surface area contributed by atoms with Gasteiger partial charge in [0.2, 0.25) is 0 Å². The number of hydrogen-bond acceptors (Lipinski definition) is 3. The molecule has 0 bridgehead atoms. The van der Waals surface area contributed by atoms with E-state index < -0.39 is 0 Å². The van der Waals surface area contributed by atoms with Crippen LogP contribution in [0.15, 0.2) is 12.2 Å². The Kier molecular flexibility index (Phi) is 8.14. The predicted octanol–water partition coefficient (Wildman–Crippen LogP) is 2.41. The van der Waals surface area contributed by atoms with E-state index in [2.05, 4.69) is 0 Å². The normalized spacial score (nSPS) is 14.7. The molecule has 1 aliphatic rings. The van der Waals surface area contributed by atoms with Crippen molar-refractivity contribution in [1.82, 2.24) is 4.90 Å². The molecule has 0 aromatic heterocycles. The van der Waals surface area contributed by atoms with Crippen LogP contribution in [-0.4, -0.2) is 35.0 Å². The van der Waals surface area contributed by atoms with Crippen molar-refractivity contribution >= 4 is 11.8 Å². The molecule has 4 nitrogen and oxygen atoms in total. The molecule has 108 valence electrons. The topological polar surface area (TPSA) is 57.6 Å². The third kappa shape index (κ3) is 6.53. The first-order chi connectivity index (χ1) is 9.25. The summed E-state index contributed by atoms with van der Waals surface area (Å²) in [6, 6.07) is 0. The molecule has 0 saturated heterocycles. The standard InChI is InChI=1S/C15H25NO3/c17-13-9-7-5-3-1-2-4-6-8-12-16-14(18)10-11-15(16)19/h10-11,17H,1-9,12-13H2. The summed E-state index contributed by atoms with van der Waals surface area (Å²) in [6.45, 7) is 0.865. The molecular formula is C15H25NO3. The monoisotopic (exact) mass is 267 g/mol. The summed E-state index contributed by atoms with van der Waals surface area (Å²) in [4.78, 5) is 23.9. The van der Waals surface area contributed by atoms with E-state index in [0.29, 0.717) is 13.2 Å². The molecule has 4 heteroatoms. The number of aliphatic hydroxyl groups excluding tert-OH is 1. The van der Waals surface area contributed by atoms with Gasteiger partial charge in [0, 0.05) is 25.3 Å². The van der Waals surface area contributed by atoms with Crippen molar-refractivity contribution in [2.24, 2.45) is 0 Å². The van der Waals surface area contributed by atoms with Crippen molar-refractivity contribution in [2.75, 3.05) is 13.2 Å². The SMILES string of the molecule is O=C1C=CC(=O)N1CCCCCCCCCCCO. The summed E-state index contributed by atoms with van der Waals surface area (Å²) >= 11 is 0. The van der Waals surface area contributed by atoms with E-state index in [-0.39, 0.29) is 11.8 Å². The van der Waals surface area contributed by atoms with Gasteiger partial charge < -0.3 is 5.11 Å². The lowest BCUT2D eigenvalue weighted by atomic mass is 10.1. The molecule has 1 rings (SSSR count). The van der Waals surface area contributed by atoms with E-state index in [1.54, 1.807) is 0 Å². The van der Waals surface area contributed by atoms with Gasteiger partial charge in [0.05, 0.1) is 0 Å². The highest BCUT2D eigenvalue weighted by atomic mass is 16.3. The fraction of sp³-hybridized carbons (Fsp3) is 0.733. The molecule has 0 spiro atoms. The van der Waals surface area contributed by atoms with Crippen molar-refractivity contribution in [3.8, 4) is 0 Å². The summed E-state index contributed by atoms with van der Waals surface area (Å²) < 4.78 is 0. The van der Waals surface area contributed by atoms with Gasteiger partial charge in [-0.2, -0.15) is 0 Å². The second kappa shape index (κ2) is 9.73. The number of carbonyl (C=O) groups is 2. The van der Waals surface area contributed by atoms with Crippen LogP contribution in [0.2, 0.25) is 0 Å². The van der Waals surface area contributed by atoms with Gasteiger partial charge in [-0.25, -0.2) is 0 Å². The smallest absolute Gasteiger partial charge is 0.253 e. The maximum atomic E-state index is 11.3. The Balaban J connectivity index is 1.86. The Morgan fingerprint density at radius 2 is 1.16 bits per heavy atom. The van der Waals surface area contributed by atoms with Crippen molar-refractivity contribution in [2.45, 2.75) is 57.8 Å². The highest BCUT2D eigenvalue weighted by molar-refractivity contribution is 6.12. The fourth-order valence-corrected chi connectivity index (χ4v) is 2.27. The number of unbranched alkanes of at least 4 members (excludes halogenated alkanes) is 8. The zero-order chi connectivity index (χ0) is 13.9. The molecule has 0 unspecified atom stereocenters. The summed E-state index contributed by atoms with van der Waals surface area (Å²) in [5.74, 6) is -0.345. The van der Waals surface area contributed by atoms with Crippen LogP contribution in [-0.2, 0) is 9.59 Å². The lowest BCUT2D eigenvalue weighted by Crippen LogP contribution is -2.30. The summed E-state index contributed by atoms with van der Waals surface area (Å²) in [6.07, 6.45) is 12.8. The third-order valence-electron chi connectivity index (χ3n) is 3.44. The maximum Gasteiger partial charge on any atom is 0.253 e. The molecule has 0 fully saturated rings. The summed E-state index contributed by atoms with van der Waals surface area (Å²) in [7, 11) is 0. The van der Waals surface area contributed by atoms with Crippen LogP contribution in [0, 0.1) is 0 Å². The van der Waals surface area contributed by atoms with Gasteiger partial charge in [-0.3, -0.25) is 14.5 Å². The average Bonchev–Trinajstić information content (AvgIpc) is 2.72. The number of carbonyl (C=O) groups excluding carboxylic acids is 2. The molecule has 1 aliphatic heterocycles. The molecule has 0 aromatic carbocycles. The zero-order valence-electron chi connectivity index (χ0n) is 11.6. The Morgan fingerprint density at radius 1 is 0.737 bits per heavy atom. The minimum atomic E-state index is -0.172.